The van der Waals surface area contributed by atoms with Gasteiger partial charge in [0.15, 0.2) is 0 Å². The van der Waals surface area contributed by atoms with Crippen LogP contribution < -0.4 is 21.2 Å². The summed E-state index contributed by atoms with van der Waals surface area (Å²) < 4.78 is 2.26. The Balaban J connectivity index is 0.000000875. The van der Waals surface area contributed by atoms with Crippen LogP contribution in [0.3, 0.4) is 0 Å². The van der Waals surface area contributed by atoms with Crippen molar-refractivity contribution >= 4 is 45.8 Å². The summed E-state index contributed by atoms with van der Waals surface area (Å²) in [4.78, 5) is 6.43. The molecule has 0 atom stereocenters. The van der Waals surface area contributed by atoms with Gasteiger partial charge in [-0.05, 0) is 96.3 Å². The molecule has 2 aromatic heterocycles. The molecule has 0 saturated carbocycles. The van der Waals surface area contributed by atoms with Crippen LogP contribution in [-0.2, 0) is 0 Å². The zero-order valence-corrected chi connectivity index (χ0v) is 31.2. The van der Waals surface area contributed by atoms with Crippen molar-refractivity contribution in [3.8, 4) is 27.9 Å². The summed E-state index contributed by atoms with van der Waals surface area (Å²) in [6.45, 7) is 12.1. The largest absolute Gasteiger partial charge is 0.404 e. The van der Waals surface area contributed by atoms with E-state index in [0.717, 1.165) is 83.1 Å². The lowest BCUT2D eigenvalue weighted by molar-refractivity contribution is 1.07. The minimum absolute atomic E-state index is 0.373. The van der Waals surface area contributed by atoms with Gasteiger partial charge in [0.25, 0.3) is 0 Å². The van der Waals surface area contributed by atoms with Gasteiger partial charge in [-0.1, -0.05) is 122 Å². The number of fused-ring (bicyclic) bond motifs is 2. The van der Waals surface area contributed by atoms with Crippen molar-refractivity contribution in [2.75, 3.05) is 4.90 Å². The summed E-state index contributed by atoms with van der Waals surface area (Å²) in [7, 11) is 0. The Morgan fingerprint density at radius 3 is 2.13 bits per heavy atom. The highest BCUT2D eigenvalue weighted by atomic mass is 15.2. The number of hydrogen-bond donors (Lipinski definition) is 2. The number of nitrogens with one attached hydrogen (secondary N) is 1. The first kappa shape index (κ1) is 36.1. The fraction of sp³-hybridized carbons (Fsp3) is 0.0400. The summed E-state index contributed by atoms with van der Waals surface area (Å²) in [5.41, 5.74) is 17.9. The van der Waals surface area contributed by atoms with Crippen molar-refractivity contribution in [3.05, 3.63) is 211 Å². The van der Waals surface area contributed by atoms with E-state index < -0.39 is 0 Å². The predicted octanol–water partition coefficient (Wildman–Crippen LogP) is 10.7. The molecule has 0 spiro atoms. The van der Waals surface area contributed by atoms with Gasteiger partial charge in [-0.2, -0.15) is 0 Å². The first-order chi connectivity index (χ1) is 27.0. The zero-order chi connectivity index (χ0) is 38.3. The number of anilines is 2. The van der Waals surface area contributed by atoms with Gasteiger partial charge in [-0.25, -0.2) is 0 Å². The van der Waals surface area contributed by atoms with Crippen LogP contribution in [-0.4, -0.2) is 15.4 Å². The van der Waals surface area contributed by atoms with Crippen molar-refractivity contribution in [3.63, 3.8) is 0 Å². The third kappa shape index (κ3) is 6.99. The molecule has 0 unspecified atom stereocenters. The Kier molecular flexibility index (Phi) is 10.6. The number of amidine groups is 1. The Morgan fingerprint density at radius 1 is 0.727 bits per heavy atom. The molecular formula is C50H43N5. The van der Waals surface area contributed by atoms with Gasteiger partial charge < -0.3 is 10.3 Å². The number of rotatable bonds is 7. The number of nitrogens with two attached hydrogens (primary N) is 1. The van der Waals surface area contributed by atoms with Gasteiger partial charge in [-0.3, -0.25) is 15.3 Å². The van der Waals surface area contributed by atoms with Crippen LogP contribution in [0.1, 0.15) is 25.0 Å². The minimum atomic E-state index is 0.373. The molecule has 7 aromatic rings. The van der Waals surface area contributed by atoms with Gasteiger partial charge in [-0.15, -0.1) is 0 Å². The van der Waals surface area contributed by atoms with Crippen molar-refractivity contribution in [2.45, 2.75) is 13.8 Å². The molecular weight excluding hydrogens is 671 g/mol. The fourth-order valence-corrected chi connectivity index (χ4v) is 7.19. The summed E-state index contributed by atoms with van der Waals surface area (Å²) in [5, 5.41) is 12.8. The van der Waals surface area contributed by atoms with Crippen molar-refractivity contribution in [1.29, 1.82) is 5.41 Å². The molecule has 55 heavy (non-hydrogen) atoms. The Bertz CT molecular complexity index is 2720. The van der Waals surface area contributed by atoms with Crippen LogP contribution in [0.4, 0.5) is 11.4 Å². The fourth-order valence-electron chi connectivity index (χ4n) is 7.19. The van der Waals surface area contributed by atoms with E-state index in [-0.39, 0.29) is 0 Å². The van der Waals surface area contributed by atoms with Crippen LogP contribution in [0.25, 0.3) is 56.6 Å². The summed E-state index contributed by atoms with van der Waals surface area (Å²) in [5.74, 6) is 0.373. The van der Waals surface area contributed by atoms with Crippen molar-refractivity contribution in [1.82, 2.24) is 9.55 Å². The Morgan fingerprint density at radius 2 is 1.45 bits per heavy atom. The number of aromatic nitrogens is 2. The lowest BCUT2D eigenvalue weighted by Crippen LogP contribution is -2.34. The van der Waals surface area contributed by atoms with Gasteiger partial charge >= 0.3 is 0 Å². The minimum Gasteiger partial charge on any atom is -0.404 e. The molecule has 268 valence electrons. The third-order valence-corrected chi connectivity index (χ3v) is 9.66. The number of nitrogens with zero attached hydrogens (tertiary/aromatic N) is 3. The lowest BCUT2D eigenvalue weighted by Gasteiger charge is -2.22. The molecule has 0 aliphatic carbocycles. The smallest absolute Gasteiger partial charge is 0.140 e. The molecule has 0 bridgehead atoms. The second-order valence-corrected chi connectivity index (χ2v) is 13.1. The average Bonchev–Trinajstić information content (AvgIpc) is 3.69. The van der Waals surface area contributed by atoms with E-state index in [0.29, 0.717) is 5.84 Å². The van der Waals surface area contributed by atoms with Crippen LogP contribution >= 0.6 is 0 Å². The Hall–Kier alpha value is -7.24. The summed E-state index contributed by atoms with van der Waals surface area (Å²) >= 11 is 0. The zero-order valence-electron chi connectivity index (χ0n) is 31.2. The predicted molar refractivity (Wildman–Crippen MR) is 234 cm³/mol. The second kappa shape index (κ2) is 16.2. The van der Waals surface area contributed by atoms with Crippen molar-refractivity contribution < 1.29 is 0 Å². The quantitative estimate of drug-likeness (QED) is 0.162. The standard InChI is InChI=1S/C45H35N5.C5H8/c1-3-13-33(28-46)35-24-36(34-16-12-23-48-29-34)26-38(25-35)50-41-20-11-10-19-39(41)43(45(50)47)44-30(2)40-27-32(31-14-6-4-7-15-31)21-22-42(40)49(44)37-17-8-5-9-18-37;1-3-5-4-2/h3-29,47H,2,46H2,1H3;3-5H,1H2,2H3/b13-3-,33-28+,44-43+,47-45?;5-4-. The maximum atomic E-state index is 9.99. The average molecular weight is 714 g/mol. The SMILES string of the molecule is C=C/C=C\C.C=c1/c(=C2\C(=N)N(c3cc(C(/C=C\C)=C/N)cc(-c4cccnc4)c3)c3ccccc32)n(-c2ccccc2)c2ccc(-c3ccccc3)cc12. The molecule has 1 aliphatic rings. The highest BCUT2D eigenvalue weighted by Gasteiger charge is 2.33. The van der Waals surface area contributed by atoms with E-state index >= 15 is 0 Å². The van der Waals surface area contributed by atoms with E-state index in [9.17, 15) is 5.41 Å². The molecule has 8 rings (SSSR count). The number of hydrogen-bond acceptors (Lipinski definition) is 3. The number of allylic oxidation sites excluding steroid dienone is 6. The molecule has 3 heterocycles. The summed E-state index contributed by atoms with van der Waals surface area (Å²) in [6.07, 6.45) is 14.8. The monoisotopic (exact) mass is 713 g/mol. The molecule has 3 N–H and O–H groups in total. The van der Waals surface area contributed by atoms with Crippen LogP contribution in [0.15, 0.2) is 189 Å². The number of pyridine rings is 1. The second-order valence-electron chi connectivity index (χ2n) is 13.1. The number of para-hydroxylation sites is 2. The molecule has 0 amide bonds. The molecule has 1 aliphatic heterocycles. The highest BCUT2D eigenvalue weighted by Crippen LogP contribution is 2.43. The maximum Gasteiger partial charge on any atom is 0.140 e. The molecule has 5 aromatic carbocycles. The molecule has 5 heteroatoms. The van der Waals surface area contributed by atoms with Gasteiger partial charge in [0.05, 0.1) is 22.1 Å². The van der Waals surface area contributed by atoms with Crippen LogP contribution in [0, 0.1) is 5.41 Å². The van der Waals surface area contributed by atoms with E-state index in [1.807, 2.05) is 79.6 Å². The molecule has 0 saturated heterocycles. The number of benzene rings is 5. The van der Waals surface area contributed by atoms with E-state index in [4.69, 9.17) is 12.3 Å². The Labute approximate surface area is 322 Å². The van der Waals surface area contributed by atoms with Gasteiger partial charge in [0, 0.05) is 51.7 Å². The first-order valence-corrected chi connectivity index (χ1v) is 18.3. The highest BCUT2D eigenvalue weighted by molar-refractivity contribution is 6.36. The van der Waals surface area contributed by atoms with Crippen LogP contribution in [0.2, 0.25) is 0 Å². The van der Waals surface area contributed by atoms with E-state index in [1.165, 1.54) is 0 Å². The normalized spacial score (nSPS) is 13.7. The van der Waals surface area contributed by atoms with Gasteiger partial charge in [0.1, 0.15) is 5.84 Å². The van der Waals surface area contributed by atoms with E-state index in [2.05, 4.69) is 119 Å². The topological polar surface area (TPSA) is 70.9 Å². The van der Waals surface area contributed by atoms with Crippen molar-refractivity contribution in [2.24, 2.45) is 5.73 Å². The molecule has 5 nitrogen and oxygen atoms in total. The van der Waals surface area contributed by atoms with E-state index in [1.54, 1.807) is 18.5 Å². The summed E-state index contributed by atoms with van der Waals surface area (Å²) in [6, 6.07) is 46.0. The first-order valence-electron chi connectivity index (χ1n) is 18.3. The third-order valence-electron chi connectivity index (χ3n) is 9.66. The van der Waals surface area contributed by atoms with Gasteiger partial charge in [0.2, 0.25) is 0 Å². The molecule has 0 radical (unpaired) electrons. The van der Waals surface area contributed by atoms with Crippen LogP contribution in [0.5, 0.6) is 0 Å². The maximum absolute atomic E-state index is 9.99. The lowest BCUT2D eigenvalue weighted by atomic mass is 9.98. The molecule has 0 fully saturated rings.